The Hall–Kier alpha value is -1.73. The van der Waals surface area contributed by atoms with Crippen LogP contribution < -0.4 is 5.56 Å². The Labute approximate surface area is 96.7 Å². The fourth-order valence-corrected chi connectivity index (χ4v) is 2.13. The van der Waals surface area contributed by atoms with Crippen LogP contribution in [0.4, 0.5) is 0 Å². The van der Waals surface area contributed by atoms with Crippen LogP contribution in [0, 0.1) is 0 Å². The second-order valence-electron chi connectivity index (χ2n) is 4.29. The van der Waals surface area contributed by atoms with Gasteiger partial charge in [-0.15, -0.1) is 0 Å². The van der Waals surface area contributed by atoms with Crippen molar-refractivity contribution in [2.45, 2.75) is 19.1 Å². The number of hydrogen-bond acceptors (Lipinski definition) is 5. The molecule has 3 heterocycles. The summed E-state index contributed by atoms with van der Waals surface area (Å²) >= 11 is 0. The lowest BCUT2D eigenvalue weighted by molar-refractivity contribution is 0.174. The van der Waals surface area contributed by atoms with Gasteiger partial charge in [0.25, 0.3) is 11.3 Å². The number of hydrogen-bond donors (Lipinski definition) is 2. The Morgan fingerprint density at radius 3 is 3.24 bits per heavy atom. The maximum atomic E-state index is 11.7. The first-order valence-electron chi connectivity index (χ1n) is 5.55. The Kier molecular flexibility index (Phi) is 2.41. The zero-order chi connectivity index (χ0) is 11.8. The number of aliphatic hydroxyl groups is 1. The van der Waals surface area contributed by atoms with Crippen molar-refractivity contribution < 1.29 is 5.11 Å². The summed E-state index contributed by atoms with van der Waals surface area (Å²) in [5.74, 6) is 0.382. The molecule has 2 aromatic rings. The van der Waals surface area contributed by atoms with Crippen LogP contribution in [-0.4, -0.2) is 48.8 Å². The Bertz CT molecular complexity index is 590. The van der Waals surface area contributed by atoms with Crippen LogP contribution in [0.5, 0.6) is 0 Å². The fraction of sp³-hybridized carbons (Fsp3) is 0.500. The molecule has 7 nitrogen and oxygen atoms in total. The highest BCUT2D eigenvalue weighted by atomic mass is 16.3. The Balaban J connectivity index is 1.88. The molecule has 0 aliphatic carbocycles. The topological polar surface area (TPSA) is 86.5 Å². The standard InChI is InChI=1S/C10H13N5O2/c16-8-1-2-14(5-8)4-7-3-9(17)15-10(13-7)11-6-12-15/h3,6,8,16H,1-2,4-5H2,(H,11,12,13)/t8-/m0/s1. The van der Waals surface area contributed by atoms with Crippen molar-refractivity contribution in [3.63, 3.8) is 0 Å². The van der Waals surface area contributed by atoms with Gasteiger partial charge in [0.05, 0.1) is 11.8 Å². The van der Waals surface area contributed by atoms with E-state index in [2.05, 4.69) is 20.0 Å². The average Bonchev–Trinajstić information content (AvgIpc) is 2.87. The number of aliphatic hydroxyl groups excluding tert-OH is 1. The van der Waals surface area contributed by atoms with E-state index in [1.165, 1.54) is 16.9 Å². The van der Waals surface area contributed by atoms with Gasteiger partial charge in [-0.25, -0.2) is 9.97 Å². The first kappa shape index (κ1) is 10.4. The number of β-amino-alcohol motifs (C(OH)–C–C–N with tert-alkyl or cyclic N) is 1. The summed E-state index contributed by atoms with van der Waals surface area (Å²) in [6, 6.07) is 1.50. The highest BCUT2D eigenvalue weighted by Gasteiger charge is 2.20. The maximum Gasteiger partial charge on any atom is 0.274 e. The van der Waals surface area contributed by atoms with Gasteiger partial charge in [0.1, 0.15) is 6.33 Å². The Morgan fingerprint density at radius 1 is 1.59 bits per heavy atom. The summed E-state index contributed by atoms with van der Waals surface area (Å²) in [4.78, 5) is 22.0. The normalized spacial score (nSPS) is 21.4. The van der Waals surface area contributed by atoms with Gasteiger partial charge in [-0.1, -0.05) is 0 Å². The lowest BCUT2D eigenvalue weighted by Gasteiger charge is -2.13. The van der Waals surface area contributed by atoms with E-state index in [1.807, 2.05) is 0 Å². The number of H-pyrrole nitrogens is 1. The molecule has 17 heavy (non-hydrogen) atoms. The van der Waals surface area contributed by atoms with E-state index < -0.39 is 0 Å². The molecule has 7 heteroatoms. The zero-order valence-corrected chi connectivity index (χ0v) is 9.20. The molecule has 0 amide bonds. The van der Waals surface area contributed by atoms with Gasteiger partial charge in [0.15, 0.2) is 0 Å². The van der Waals surface area contributed by atoms with Crippen molar-refractivity contribution in [1.29, 1.82) is 0 Å². The minimum absolute atomic E-state index is 0.165. The largest absolute Gasteiger partial charge is 0.392 e. The molecule has 0 saturated carbocycles. The molecule has 1 atom stereocenters. The van der Waals surface area contributed by atoms with E-state index in [0.717, 1.165) is 13.0 Å². The molecule has 2 N–H and O–H groups in total. The first-order chi connectivity index (χ1) is 8.22. The smallest absolute Gasteiger partial charge is 0.274 e. The lowest BCUT2D eigenvalue weighted by atomic mass is 10.3. The number of fused-ring (bicyclic) bond motifs is 1. The second kappa shape index (κ2) is 3.94. The number of aromatic nitrogens is 4. The molecule has 0 bridgehead atoms. The minimum Gasteiger partial charge on any atom is -0.392 e. The molecule has 3 rings (SSSR count). The highest BCUT2D eigenvalue weighted by molar-refractivity contribution is 5.25. The predicted molar refractivity (Wildman–Crippen MR) is 59.5 cm³/mol. The van der Waals surface area contributed by atoms with Gasteiger partial charge in [-0.05, 0) is 6.42 Å². The molecule has 0 spiro atoms. The molecular formula is C10H13N5O2. The Morgan fingerprint density at radius 2 is 2.47 bits per heavy atom. The molecular weight excluding hydrogens is 222 g/mol. The summed E-state index contributed by atoms with van der Waals surface area (Å²) in [5.41, 5.74) is 0.526. The number of aromatic amines is 1. The number of nitrogens with zero attached hydrogens (tertiary/aromatic N) is 4. The summed E-state index contributed by atoms with van der Waals surface area (Å²) in [5, 5.41) is 12.1. The third kappa shape index (κ3) is 1.94. The van der Waals surface area contributed by atoms with E-state index in [1.54, 1.807) is 0 Å². The summed E-state index contributed by atoms with van der Waals surface area (Å²) in [7, 11) is 0. The van der Waals surface area contributed by atoms with Crippen molar-refractivity contribution in [3.05, 3.63) is 28.4 Å². The average molecular weight is 235 g/mol. The van der Waals surface area contributed by atoms with Crippen LogP contribution >= 0.6 is 0 Å². The first-order valence-corrected chi connectivity index (χ1v) is 5.55. The molecule has 90 valence electrons. The molecule has 0 unspecified atom stereocenters. The second-order valence-corrected chi connectivity index (χ2v) is 4.29. The fourth-order valence-electron chi connectivity index (χ4n) is 2.13. The van der Waals surface area contributed by atoms with Gasteiger partial charge in [-0.3, -0.25) is 14.8 Å². The summed E-state index contributed by atoms with van der Waals surface area (Å²) < 4.78 is 1.29. The molecule has 1 fully saturated rings. The van der Waals surface area contributed by atoms with Gasteiger partial charge >= 0.3 is 0 Å². The molecule has 0 radical (unpaired) electrons. The van der Waals surface area contributed by atoms with Gasteiger partial charge in [0, 0.05) is 25.7 Å². The number of nitrogens with one attached hydrogen (secondary N) is 1. The molecule has 2 aromatic heterocycles. The van der Waals surface area contributed by atoms with E-state index in [9.17, 15) is 9.90 Å². The lowest BCUT2D eigenvalue weighted by Crippen LogP contribution is -2.24. The quantitative estimate of drug-likeness (QED) is 0.696. The molecule has 1 aliphatic rings. The van der Waals surface area contributed by atoms with Crippen LogP contribution in [-0.2, 0) is 6.54 Å². The van der Waals surface area contributed by atoms with Crippen LogP contribution in [0.3, 0.4) is 0 Å². The van der Waals surface area contributed by atoms with Crippen molar-refractivity contribution in [2.24, 2.45) is 0 Å². The molecule has 1 aliphatic heterocycles. The molecule has 0 aromatic carbocycles. The number of likely N-dealkylation sites (tertiary alicyclic amines) is 1. The summed E-state index contributed by atoms with van der Waals surface area (Å²) in [6.07, 6.45) is 1.96. The van der Waals surface area contributed by atoms with Gasteiger partial charge in [0.2, 0.25) is 0 Å². The van der Waals surface area contributed by atoms with Crippen LogP contribution in [0.25, 0.3) is 5.78 Å². The molecule has 1 saturated heterocycles. The van der Waals surface area contributed by atoms with Crippen molar-refractivity contribution in [1.82, 2.24) is 24.5 Å². The van der Waals surface area contributed by atoms with Gasteiger partial charge in [-0.2, -0.15) is 4.52 Å². The number of rotatable bonds is 2. The van der Waals surface area contributed by atoms with E-state index in [4.69, 9.17) is 0 Å². The van der Waals surface area contributed by atoms with Crippen LogP contribution in [0.1, 0.15) is 12.1 Å². The third-order valence-corrected chi connectivity index (χ3v) is 2.95. The summed E-state index contributed by atoms with van der Waals surface area (Å²) in [6.45, 7) is 2.06. The van der Waals surface area contributed by atoms with Crippen molar-refractivity contribution >= 4 is 5.78 Å². The highest BCUT2D eigenvalue weighted by Crippen LogP contribution is 2.11. The van der Waals surface area contributed by atoms with E-state index >= 15 is 0 Å². The van der Waals surface area contributed by atoms with E-state index in [0.29, 0.717) is 24.6 Å². The van der Waals surface area contributed by atoms with Crippen molar-refractivity contribution in [3.8, 4) is 0 Å². The van der Waals surface area contributed by atoms with Crippen LogP contribution in [0.2, 0.25) is 0 Å². The SMILES string of the molecule is O=c1cc(CN2CC[C@H](O)C2)nc2nc[nH]n12. The third-order valence-electron chi connectivity index (χ3n) is 2.95. The van der Waals surface area contributed by atoms with Crippen LogP contribution in [0.15, 0.2) is 17.2 Å². The van der Waals surface area contributed by atoms with Gasteiger partial charge < -0.3 is 5.11 Å². The maximum absolute atomic E-state index is 11.7. The minimum atomic E-state index is -0.259. The monoisotopic (exact) mass is 235 g/mol. The zero-order valence-electron chi connectivity index (χ0n) is 9.20. The predicted octanol–water partition coefficient (Wildman–Crippen LogP) is -1.02. The van der Waals surface area contributed by atoms with Crippen molar-refractivity contribution in [2.75, 3.05) is 13.1 Å². The van der Waals surface area contributed by atoms with E-state index in [-0.39, 0.29) is 11.7 Å².